The number of carbonyl (C=O) groups excluding carboxylic acids is 1. The molecule has 3 aromatic rings. The molecule has 0 amide bonds. The first-order valence-electron chi connectivity index (χ1n) is 8.69. The second kappa shape index (κ2) is 7.12. The summed E-state index contributed by atoms with van der Waals surface area (Å²) in [6, 6.07) is 15.1. The molecule has 0 unspecified atom stereocenters. The molecular weight excluding hydrogens is 326 g/mol. The predicted octanol–water partition coefficient (Wildman–Crippen LogP) is 5.99. The average Bonchev–Trinajstić information content (AvgIpc) is 3.00. The van der Waals surface area contributed by atoms with Gasteiger partial charge in [0.2, 0.25) is 0 Å². The number of rotatable bonds is 4. The van der Waals surface area contributed by atoms with E-state index in [-0.39, 0.29) is 11.5 Å². The van der Waals surface area contributed by atoms with Crippen molar-refractivity contribution >= 4 is 28.2 Å². The number of azo groups is 1. The van der Waals surface area contributed by atoms with Gasteiger partial charge in [-0.2, -0.15) is 0 Å². The van der Waals surface area contributed by atoms with Gasteiger partial charge < -0.3 is 9.30 Å². The van der Waals surface area contributed by atoms with E-state index in [2.05, 4.69) is 53.9 Å². The summed E-state index contributed by atoms with van der Waals surface area (Å²) in [6.45, 7) is 8.56. The standard InChI is InChI=1S/C21H23N3O2/c1-5-26-20(25)15-10-12-17(13-11-15)22-23-19-18-9-7-6-8-16(18)14-24(19)21(2,3)4/h6-14H,5H2,1-4H3. The molecule has 3 rings (SSSR count). The summed E-state index contributed by atoms with van der Waals surface area (Å²) in [4.78, 5) is 11.7. The van der Waals surface area contributed by atoms with Crippen LogP contribution in [0.4, 0.5) is 11.5 Å². The molecule has 0 N–H and O–H groups in total. The Hall–Kier alpha value is -2.95. The number of fused-ring (bicyclic) bond motifs is 1. The van der Waals surface area contributed by atoms with Gasteiger partial charge in [0.1, 0.15) is 0 Å². The van der Waals surface area contributed by atoms with Gasteiger partial charge in [-0.25, -0.2) is 4.79 Å². The first-order chi connectivity index (χ1) is 12.4. The predicted molar refractivity (Wildman–Crippen MR) is 104 cm³/mol. The summed E-state index contributed by atoms with van der Waals surface area (Å²) in [7, 11) is 0. The topological polar surface area (TPSA) is 55.9 Å². The Balaban J connectivity index is 1.94. The molecule has 2 aromatic carbocycles. The van der Waals surface area contributed by atoms with Gasteiger partial charge in [0, 0.05) is 22.5 Å². The maximum absolute atomic E-state index is 11.7. The molecule has 0 fully saturated rings. The third-order valence-electron chi connectivity index (χ3n) is 4.06. The normalized spacial score (nSPS) is 12.0. The van der Waals surface area contributed by atoms with Crippen LogP contribution in [0.15, 0.2) is 65.0 Å². The molecule has 0 saturated carbocycles. The Labute approximate surface area is 153 Å². The minimum Gasteiger partial charge on any atom is -0.462 e. The molecule has 0 aliphatic rings. The highest BCUT2D eigenvalue weighted by Crippen LogP contribution is 2.34. The zero-order valence-electron chi connectivity index (χ0n) is 15.6. The summed E-state index contributed by atoms with van der Waals surface area (Å²) in [5, 5.41) is 11.1. The number of aromatic nitrogens is 1. The van der Waals surface area contributed by atoms with E-state index in [0.717, 1.165) is 16.6 Å². The third kappa shape index (κ3) is 3.67. The molecule has 26 heavy (non-hydrogen) atoms. The molecule has 0 spiro atoms. The van der Waals surface area contributed by atoms with Crippen molar-refractivity contribution in [3.63, 3.8) is 0 Å². The second-order valence-corrected chi connectivity index (χ2v) is 7.05. The van der Waals surface area contributed by atoms with Gasteiger partial charge in [0.05, 0.1) is 17.9 Å². The Morgan fingerprint density at radius 1 is 1.04 bits per heavy atom. The summed E-state index contributed by atoms with van der Waals surface area (Å²) in [5.41, 5.74) is 1.08. The fourth-order valence-electron chi connectivity index (χ4n) is 2.74. The summed E-state index contributed by atoms with van der Waals surface area (Å²) in [5.74, 6) is 0.492. The third-order valence-corrected chi connectivity index (χ3v) is 4.06. The van der Waals surface area contributed by atoms with Gasteiger partial charge in [-0.05, 0) is 52.0 Å². The van der Waals surface area contributed by atoms with Crippen molar-refractivity contribution in [1.29, 1.82) is 0 Å². The highest BCUT2D eigenvalue weighted by atomic mass is 16.5. The molecule has 0 bridgehead atoms. The molecule has 0 aliphatic heterocycles. The Morgan fingerprint density at radius 2 is 1.73 bits per heavy atom. The smallest absolute Gasteiger partial charge is 0.338 e. The largest absolute Gasteiger partial charge is 0.462 e. The fraction of sp³-hybridized carbons (Fsp3) is 0.286. The van der Waals surface area contributed by atoms with Gasteiger partial charge in [0.25, 0.3) is 0 Å². The van der Waals surface area contributed by atoms with Crippen LogP contribution in [0.2, 0.25) is 0 Å². The minimum atomic E-state index is -0.330. The Morgan fingerprint density at radius 3 is 2.38 bits per heavy atom. The maximum atomic E-state index is 11.7. The number of carbonyl (C=O) groups is 1. The fourth-order valence-corrected chi connectivity index (χ4v) is 2.74. The lowest BCUT2D eigenvalue weighted by Gasteiger charge is -2.22. The second-order valence-electron chi connectivity index (χ2n) is 7.05. The van der Waals surface area contributed by atoms with Gasteiger partial charge in [-0.1, -0.05) is 24.3 Å². The van der Waals surface area contributed by atoms with E-state index < -0.39 is 0 Å². The van der Waals surface area contributed by atoms with Crippen LogP contribution in [0.25, 0.3) is 10.8 Å². The van der Waals surface area contributed by atoms with E-state index in [0.29, 0.717) is 17.9 Å². The van der Waals surface area contributed by atoms with E-state index in [1.165, 1.54) is 0 Å². The quantitative estimate of drug-likeness (QED) is 0.429. The van der Waals surface area contributed by atoms with Crippen LogP contribution in [-0.2, 0) is 10.3 Å². The van der Waals surface area contributed by atoms with Crippen molar-refractivity contribution in [2.45, 2.75) is 33.2 Å². The number of ether oxygens (including phenoxy) is 1. The molecule has 1 heterocycles. The number of hydrogen-bond acceptors (Lipinski definition) is 4. The van der Waals surface area contributed by atoms with Crippen molar-refractivity contribution in [3.05, 3.63) is 60.3 Å². The van der Waals surface area contributed by atoms with Crippen LogP contribution in [0, 0.1) is 0 Å². The van der Waals surface area contributed by atoms with Crippen LogP contribution in [-0.4, -0.2) is 17.1 Å². The van der Waals surface area contributed by atoms with E-state index in [1.54, 1.807) is 31.2 Å². The molecular formula is C21H23N3O2. The van der Waals surface area contributed by atoms with Crippen LogP contribution in [0.5, 0.6) is 0 Å². The molecule has 5 heteroatoms. The van der Waals surface area contributed by atoms with Crippen molar-refractivity contribution < 1.29 is 9.53 Å². The highest BCUT2D eigenvalue weighted by Gasteiger charge is 2.19. The molecule has 0 saturated heterocycles. The van der Waals surface area contributed by atoms with Crippen molar-refractivity contribution in [1.82, 2.24) is 4.57 Å². The summed E-state index contributed by atoms with van der Waals surface area (Å²) < 4.78 is 7.12. The molecule has 0 atom stereocenters. The summed E-state index contributed by atoms with van der Waals surface area (Å²) in [6.07, 6.45) is 2.10. The number of benzene rings is 2. The van der Waals surface area contributed by atoms with Crippen molar-refractivity contribution in [2.75, 3.05) is 6.61 Å². The van der Waals surface area contributed by atoms with Crippen molar-refractivity contribution in [3.8, 4) is 0 Å². The molecule has 0 aliphatic carbocycles. The summed E-state index contributed by atoms with van der Waals surface area (Å²) >= 11 is 0. The van der Waals surface area contributed by atoms with E-state index in [4.69, 9.17) is 4.74 Å². The van der Waals surface area contributed by atoms with Crippen LogP contribution in [0.1, 0.15) is 38.1 Å². The first kappa shape index (κ1) is 17.9. The monoisotopic (exact) mass is 349 g/mol. The average molecular weight is 349 g/mol. The van der Waals surface area contributed by atoms with Crippen LogP contribution >= 0.6 is 0 Å². The van der Waals surface area contributed by atoms with Crippen LogP contribution < -0.4 is 0 Å². The zero-order valence-corrected chi connectivity index (χ0v) is 15.6. The first-order valence-corrected chi connectivity index (χ1v) is 8.69. The van der Waals surface area contributed by atoms with E-state index >= 15 is 0 Å². The Bertz CT molecular complexity index is 948. The zero-order chi connectivity index (χ0) is 18.7. The Kier molecular flexibility index (Phi) is 4.89. The molecule has 0 radical (unpaired) electrons. The van der Waals surface area contributed by atoms with E-state index in [9.17, 15) is 4.79 Å². The van der Waals surface area contributed by atoms with Gasteiger partial charge in [0.15, 0.2) is 5.82 Å². The van der Waals surface area contributed by atoms with Gasteiger partial charge in [-0.15, -0.1) is 10.2 Å². The number of nitrogens with zero attached hydrogens (tertiary/aromatic N) is 3. The molecule has 5 nitrogen and oxygen atoms in total. The minimum absolute atomic E-state index is 0.110. The van der Waals surface area contributed by atoms with Gasteiger partial charge >= 0.3 is 5.97 Å². The molecule has 1 aromatic heterocycles. The lowest BCUT2D eigenvalue weighted by Crippen LogP contribution is -2.20. The SMILES string of the molecule is CCOC(=O)c1ccc(N=Nc2c3ccccc3cn2C(C)(C)C)cc1. The van der Waals surface area contributed by atoms with Crippen LogP contribution in [0.3, 0.4) is 0 Å². The lowest BCUT2D eigenvalue weighted by atomic mass is 10.1. The van der Waals surface area contributed by atoms with Crippen molar-refractivity contribution in [2.24, 2.45) is 10.2 Å². The molecule has 134 valence electrons. The van der Waals surface area contributed by atoms with E-state index in [1.807, 2.05) is 12.1 Å². The highest BCUT2D eigenvalue weighted by molar-refractivity contribution is 5.92. The van der Waals surface area contributed by atoms with Gasteiger partial charge in [-0.3, -0.25) is 0 Å². The number of hydrogen-bond donors (Lipinski definition) is 0. The lowest BCUT2D eigenvalue weighted by molar-refractivity contribution is 0.0526. The number of esters is 1. The maximum Gasteiger partial charge on any atom is 0.338 e.